The van der Waals surface area contributed by atoms with Crippen molar-refractivity contribution in [3.8, 4) is 17.0 Å². The Labute approximate surface area is 108 Å². The number of nitrogens with two attached hydrogens (primary N) is 1. The van der Waals surface area contributed by atoms with E-state index in [2.05, 4.69) is 25.9 Å². The summed E-state index contributed by atoms with van der Waals surface area (Å²) in [4.78, 5) is 7.18. The monoisotopic (exact) mass is 295 g/mol. The van der Waals surface area contributed by atoms with Gasteiger partial charge in [-0.05, 0) is 53.0 Å². The molecular formula is C12H14BrN3O. The second-order valence-corrected chi connectivity index (χ2v) is 4.72. The fourth-order valence-corrected chi connectivity index (χ4v) is 2.49. The first-order valence-corrected chi connectivity index (χ1v) is 5.98. The Balaban J connectivity index is 2.58. The molecule has 2 aromatic rings. The quantitative estimate of drug-likeness (QED) is 0.895. The molecule has 0 aliphatic rings. The average molecular weight is 296 g/mol. The summed E-state index contributed by atoms with van der Waals surface area (Å²) in [6, 6.07) is 4.07. The lowest BCUT2D eigenvalue weighted by Gasteiger charge is -2.10. The molecule has 0 amide bonds. The van der Waals surface area contributed by atoms with Gasteiger partial charge in [-0.1, -0.05) is 0 Å². The first-order valence-electron chi connectivity index (χ1n) is 5.19. The van der Waals surface area contributed by atoms with Crippen LogP contribution in [0.15, 0.2) is 16.7 Å². The molecule has 0 saturated heterocycles. The van der Waals surface area contributed by atoms with Gasteiger partial charge < -0.3 is 15.5 Å². The van der Waals surface area contributed by atoms with Gasteiger partial charge in [0, 0.05) is 5.56 Å². The molecule has 0 aliphatic carbocycles. The molecule has 0 aliphatic heterocycles. The van der Waals surface area contributed by atoms with Gasteiger partial charge >= 0.3 is 0 Å². The normalized spacial score (nSPS) is 10.6. The molecule has 0 bridgehead atoms. The molecule has 0 fully saturated rings. The number of aromatic amines is 1. The second-order valence-electron chi connectivity index (χ2n) is 3.93. The lowest BCUT2D eigenvalue weighted by atomic mass is 10.0. The maximum absolute atomic E-state index is 5.63. The highest BCUT2D eigenvalue weighted by Gasteiger charge is 2.12. The maximum atomic E-state index is 5.63. The molecule has 1 aromatic heterocycles. The van der Waals surface area contributed by atoms with E-state index < -0.39 is 0 Å². The van der Waals surface area contributed by atoms with Crippen molar-refractivity contribution in [3.05, 3.63) is 27.9 Å². The zero-order valence-corrected chi connectivity index (χ0v) is 11.6. The fraction of sp³-hybridized carbons (Fsp3) is 0.250. The largest absolute Gasteiger partial charge is 0.496 e. The van der Waals surface area contributed by atoms with Gasteiger partial charge in [0.15, 0.2) is 5.95 Å². The molecule has 5 heteroatoms. The maximum Gasteiger partial charge on any atom is 0.198 e. The highest BCUT2D eigenvalue weighted by molar-refractivity contribution is 9.10. The minimum absolute atomic E-state index is 0.401. The second kappa shape index (κ2) is 4.41. The van der Waals surface area contributed by atoms with Crippen molar-refractivity contribution in [2.24, 2.45) is 0 Å². The van der Waals surface area contributed by atoms with Gasteiger partial charge in [-0.15, -0.1) is 0 Å². The van der Waals surface area contributed by atoms with E-state index in [1.54, 1.807) is 7.11 Å². The van der Waals surface area contributed by atoms with Crippen LogP contribution in [0.5, 0.6) is 5.75 Å². The molecular weight excluding hydrogens is 282 g/mol. The van der Waals surface area contributed by atoms with Gasteiger partial charge in [-0.2, -0.15) is 0 Å². The van der Waals surface area contributed by atoms with E-state index in [1.807, 2.05) is 26.0 Å². The first-order chi connectivity index (χ1) is 8.02. The van der Waals surface area contributed by atoms with E-state index >= 15 is 0 Å². The Kier molecular flexibility index (Phi) is 3.11. The number of imidazole rings is 1. The van der Waals surface area contributed by atoms with Gasteiger partial charge in [-0.3, -0.25) is 0 Å². The first kappa shape index (κ1) is 12.0. The third-order valence-electron chi connectivity index (χ3n) is 2.62. The molecule has 1 heterocycles. The van der Waals surface area contributed by atoms with Gasteiger partial charge in [0.1, 0.15) is 16.0 Å². The van der Waals surface area contributed by atoms with E-state index in [0.29, 0.717) is 5.95 Å². The number of benzene rings is 1. The Morgan fingerprint density at radius 3 is 2.29 bits per heavy atom. The zero-order chi connectivity index (χ0) is 12.6. The van der Waals surface area contributed by atoms with E-state index in [1.165, 1.54) is 0 Å². The summed E-state index contributed by atoms with van der Waals surface area (Å²) in [5.74, 6) is 1.31. The number of methoxy groups -OCH3 is 1. The Morgan fingerprint density at radius 2 is 1.88 bits per heavy atom. The lowest BCUT2D eigenvalue weighted by Crippen LogP contribution is -1.92. The molecule has 1 aromatic carbocycles. The van der Waals surface area contributed by atoms with Crippen LogP contribution in [-0.2, 0) is 0 Å². The number of hydrogen-bond acceptors (Lipinski definition) is 3. The summed E-state index contributed by atoms with van der Waals surface area (Å²) in [6.07, 6.45) is 0. The summed E-state index contributed by atoms with van der Waals surface area (Å²) in [5.41, 5.74) is 9.62. The van der Waals surface area contributed by atoms with Crippen LogP contribution in [0.3, 0.4) is 0 Å². The van der Waals surface area contributed by atoms with E-state index in [4.69, 9.17) is 10.5 Å². The Bertz CT molecular complexity index is 540. The van der Waals surface area contributed by atoms with Crippen molar-refractivity contribution in [1.29, 1.82) is 0 Å². The number of nitrogens with one attached hydrogen (secondary N) is 1. The van der Waals surface area contributed by atoms with Crippen molar-refractivity contribution in [3.63, 3.8) is 0 Å². The topological polar surface area (TPSA) is 63.9 Å². The average Bonchev–Trinajstić information content (AvgIpc) is 2.57. The number of nitrogen functional groups attached to an aromatic ring is 1. The molecule has 0 radical (unpaired) electrons. The number of rotatable bonds is 2. The summed E-state index contributed by atoms with van der Waals surface area (Å²) >= 11 is 3.41. The Hall–Kier alpha value is -1.49. The number of nitrogens with zero attached hydrogens (tertiary/aromatic N) is 1. The van der Waals surface area contributed by atoms with Gasteiger partial charge in [-0.25, -0.2) is 4.98 Å². The van der Waals surface area contributed by atoms with Gasteiger partial charge in [0.25, 0.3) is 0 Å². The van der Waals surface area contributed by atoms with Crippen LogP contribution in [0.4, 0.5) is 5.95 Å². The van der Waals surface area contributed by atoms with Gasteiger partial charge in [0.05, 0.1) is 7.11 Å². The third-order valence-corrected chi connectivity index (χ3v) is 3.19. The van der Waals surface area contributed by atoms with Crippen LogP contribution in [0, 0.1) is 13.8 Å². The number of aryl methyl sites for hydroxylation is 2. The predicted molar refractivity (Wildman–Crippen MR) is 72.2 cm³/mol. The molecule has 0 atom stereocenters. The number of aromatic nitrogens is 2. The number of hydrogen-bond donors (Lipinski definition) is 2. The molecule has 4 nitrogen and oxygen atoms in total. The number of H-pyrrole nitrogens is 1. The molecule has 90 valence electrons. The van der Waals surface area contributed by atoms with Crippen LogP contribution < -0.4 is 10.5 Å². The smallest absolute Gasteiger partial charge is 0.198 e. The summed E-state index contributed by atoms with van der Waals surface area (Å²) in [5, 5.41) is 0. The summed E-state index contributed by atoms with van der Waals surface area (Å²) in [6.45, 7) is 4.03. The molecule has 3 N–H and O–H groups in total. The van der Waals surface area contributed by atoms with E-state index in [-0.39, 0.29) is 0 Å². The zero-order valence-electron chi connectivity index (χ0n) is 9.97. The SMILES string of the molecule is COc1c(C)cc(-c2nc(N)[nH]c2Br)cc1C. The Morgan fingerprint density at radius 1 is 1.29 bits per heavy atom. The molecule has 0 unspecified atom stereocenters. The summed E-state index contributed by atoms with van der Waals surface area (Å²) < 4.78 is 6.13. The van der Waals surface area contributed by atoms with Gasteiger partial charge in [0.2, 0.25) is 0 Å². The standard InChI is InChI=1S/C12H14BrN3O/c1-6-4-8(5-7(2)10(6)17-3)9-11(13)16-12(14)15-9/h4-5H,1-3H3,(H3,14,15,16). The minimum Gasteiger partial charge on any atom is -0.496 e. The summed E-state index contributed by atoms with van der Waals surface area (Å²) in [7, 11) is 1.68. The lowest BCUT2D eigenvalue weighted by molar-refractivity contribution is 0.408. The molecule has 17 heavy (non-hydrogen) atoms. The molecule has 2 rings (SSSR count). The van der Waals surface area contributed by atoms with Crippen molar-refractivity contribution in [1.82, 2.24) is 9.97 Å². The van der Waals surface area contributed by atoms with Crippen molar-refractivity contribution in [2.75, 3.05) is 12.8 Å². The highest BCUT2D eigenvalue weighted by atomic mass is 79.9. The predicted octanol–water partition coefficient (Wildman–Crippen LogP) is 3.05. The van der Waals surface area contributed by atoms with Crippen molar-refractivity contribution < 1.29 is 4.74 Å². The number of halogens is 1. The minimum atomic E-state index is 0.401. The third kappa shape index (κ3) is 2.15. The fourth-order valence-electron chi connectivity index (χ4n) is 1.97. The van der Waals surface area contributed by atoms with Crippen LogP contribution in [0.1, 0.15) is 11.1 Å². The molecule has 0 spiro atoms. The number of ether oxygens (including phenoxy) is 1. The number of anilines is 1. The molecule has 0 saturated carbocycles. The van der Waals surface area contributed by atoms with Crippen molar-refractivity contribution >= 4 is 21.9 Å². The highest BCUT2D eigenvalue weighted by Crippen LogP contribution is 2.32. The van der Waals surface area contributed by atoms with Crippen LogP contribution in [0.25, 0.3) is 11.3 Å². The van der Waals surface area contributed by atoms with E-state index in [9.17, 15) is 0 Å². The van der Waals surface area contributed by atoms with Crippen molar-refractivity contribution in [2.45, 2.75) is 13.8 Å². The van der Waals surface area contributed by atoms with Crippen LogP contribution in [0.2, 0.25) is 0 Å². The van der Waals surface area contributed by atoms with Crippen LogP contribution in [-0.4, -0.2) is 17.1 Å². The van der Waals surface area contributed by atoms with Crippen LogP contribution >= 0.6 is 15.9 Å². The van der Waals surface area contributed by atoms with E-state index in [0.717, 1.165) is 32.7 Å².